The fourth-order valence-electron chi connectivity index (χ4n) is 1.33. The molecule has 16 heavy (non-hydrogen) atoms. The number of hydrogen-bond acceptors (Lipinski definition) is 4. The van der Waals surface area contributed by atoms with E-state index in [1.807, 2.05) is 18.4 Å². The molecule has 0 aliphatic rings. The Labute approximate surface area is 119 Å². The number of thiazole rings is 1. The van der Waals surface area contributed by atoms with Crippen molar-refractivity contribution in [3.8, 4) is 0 Å². The molecule has 0 bridgehead atoms. The fourth-order valence-corrected chi connectivity index (χ4v) is 4.03. The summed E-state index contributed by atoms with van der Waals surface area (Å²) in [6.45, 7) is 1.97. The number of rotatable bonds is 3. The van der Waals surface area contributed by atoms with Gasteiger partial charge in [-0.1, -0.05) is 0 Å². The molecule has 2 heterocycles. The van der Waals surface area contributed by atoms with E-state index >= 15 is 0 Å². The van der Waals surface area contributed by atoms with Gasteiger partial charge in [0.2, 0.25) is 0 Å². The van der Waals surface area contributed by atoms with Crippen molar-refractivity contribution in [2.45, 2.75) is 19.4 Å². The number of aliphatic hydroxyl groups excluding tert-OH is 1. The van der Waals surface area contributed by atoms with Crippen LogP contribution in [-0.2, 0) is 6.42 Å². The highest BCUT2D eigenvalue weighted by Crippen LogP contribution is 2.36. The number of aliphatic hydroxyl groups is 1. The van der Waals surface area contributed by atoms with Crippen LogP contribution in [0.15, 0.2) is 19.7 Å². The Bertz CT molecular complexity index is 475. The highest BCUT2D eigenvalue weighted by molar-refractivity contribution is 9.13. The van der Waals surface area contributed by atoms with Gasteiger partial charge in [-0.2, -0.15) is 0 Å². The van der Waals surface area contributed by atoms with E-state index in [0.717, 1.165) is 23.8 Å². The van der Waals surface area contributed by atoms with Crippen molar-refractivity contribution in [2.75, 3.05) is 0 Å². The molecule has 2 aromatic rings. The highest BCUT2D eigenvalue weighted by atomic mass is 79.9. The Hall–Kier alpha value is 0.250. The van der Waals surface area contributed by atoms with Gasteiger partial charge in [-0.05, 0) is 44.8 Å². The van der Waals surface area contributed by atoms with Crippen LogP contribution in [0.25, 0.3) is 0 Å². The molecule has 0 aromatic carbocycles. The minimum atomic E-state index is -0.478. The maximum atomic E-state index is 10.1. The third-order valence-corrected chi connectivity index (χ3v) is 6.24. The largest absolute Gasteiger partial charge is 0.387 e. The van der Waals surface area contributed by atoms with Crippen LogP contribution >= 0.6 is 54.5 Å². The summed E-state index contributed by atoms with van der Waals surface area (Å²) in [5.74, 6) is 0. The van der Waals surface area contributed by atoms with Gasteiger partial charge in [0.1, 0.15) is 0 Å². The molecule has 0 saturated heterocycles. The zero-order valence-electron chi connectivity index (χ0n) is 8.41. The molecule has 0 saturated carbocycles. The molecule has 0 spiro atoms. The van der Waals surface area contributed by atoms with Crippen molar-refractivity contribution in [1.82, 2.24) is 4.98 Å². The van der Waals surface area contributed by atoms with Gasteiger partial charge >= 0.3 is 0 Å². The monoisotopic (exact) mass is 381 g/mol. The van der Waals surface area contributed by atoms with E-state index in [4.69, 9.17) is 0 Å². The van der Waals surface area contributed by atoms with Crippen LogP contribution < -0.4 is 0 Å². The standard InChI is InChI=1S/C10H9Br2NOS2/c1-5-13-6(4-15-5)2-8(14)9-3-7(11)10(12)16-9/h3-4,8,14H,2H2,1H3. The van der Waals surface area contributed by atoms with Crippen LogP contribution in [0, 0.1) is 6.92 Å². The van der Waals surface area contributed by atoms with E-state index in [2.05, 4.69) is 36.8 Å². The van der Waals surface area contributed by atoms with Crippen molar-refractivity contribution in [1.29, 1.82) is 0 Å². The lowest BCUT2D eigenvalue weighted by Gasteiger charge is -2.05. The zero-order valence-corrected chi connectivity index (χ0v) is 13.2. The van der Waals surface area contributed by atoms with Crippen LogP contribution in [0.5, 0.6) is 0 Å². The molecule has 2 nitrogen and oxygen atoms in total. The van der Waals surface area contributed by atoms with E-state index in [0.29, 0.717) is 6.42 Å². The molecular weight excluding hydrogens is 374 g/mol. The van der Waals surface area contributed by atoms with Crippen molar-refractivity contribution in [2.24, 2.45) is 0 Å². The van der Waals surface area contributed by atoms with Crippen molar-refractivity contribution >= 4 is 54.5 Å². The summed E-state index contributed by atoms with van der Waals surface area (Å²) in [6, 6.07) is 1.94. The number of thiophene rings is 1. The maximum Gasteiger partial charge on any atom is 0.0938 e. The second kappa shape index (κ2) is 5.27. The van der Waals surface area contributed by atoms with Crippen molar-refractivity contribution < 1.29 is 5.11 Å². The molecule has 0 fully saturated rings. The molecule has 1 N–H and O–H groups in total. The number of hydrogen-bond donors (Lipinski definition) is 1. The highest BCUT2D eigenvalue weighted by Gasteiger charge is 2.14. The summed E-state index contributed by atoms with van der Waals surface area (Å²) >= 11 is 9.99. The SMILES string of the molecule is Cc1nc(CC(O)c2cc(Br)c(Br)s2)cs1. The van der Waals surface area contributed by atoms with Crippen LogP contribution in [0.3, 0.4) is 0 Å². The van der Waals surface area contributed by atoms with Crippen molar-refractivity contribution in [3.05, 3.63) is 35.3 Å². The first-order chi connectivity index (χ1) is 7.56. The molecule has 86 valence electrons. The summed E-state index contributed by atoms with van der Waals surface area (Å²) < 4.78 is 2.00. The van der Waals surface area contributed by atoms with Gasteiger partial charge < -0.3 is 5.11 Å². The van der Waals surface area contributed by atoms with Gasteiger partial charge in [0.15, 0.2) is 0 Å². The molecule has 0 aliphatic heterocycles. The summed E-state index contributed by atoms with van der Waals surface area (Å²) in [5, 5.41) is 13.1. The molecule has 0 aliphatic carbocycles. The zero-order chi connectivity index (χ0) is 11.7. The molecule has 2 rings (SSSR count). The number of aromatic nitrogens is 1. The van der Waals surface area contributed by atoms with Gasteiger partial charge in [-0.25, -0.2) is 4.98 Å². The minimum Gasteiger partial charge on any atom is -0.387 e. The van der Waals surface area contributed by atoms with Crippen LogP contribution in [-0.4, -0.2) is 10.1 Å². The normalized spacial score (nSPS) is 13.0. The maximum absolute atomic E-state index is 10.1. The first-order valence-corrected chi connectivity index (χ1v) is 7.88. The van der Waals surface area contributed by atoms with E-state index in [1.165, 1.54) is 0 Å². The number of nitrogens with zero attached hydrogens (tertiary/aromatic N) is 1. The molecule has 0 amide bonds. The Balaban J connectivity index is 2.11. The Morgan fingerprint density at radius 2 is 2.25 bits per heavy atom. The molecule has 1 unspecified atom stereocenters. The molecule has 0 radical (unpaired) electrons. The lowest BCUT2D eigenvalue weighted by Crippen LogP contribution is -1.99. The lowest BCUT2D eigenvalue weighted by atomic mass is 10.2. The minimum absolute atomic E-state index is 0.478. The Morgan fingerprint density at radius 1 is 1.50 bits per heavy atom. The summed E-state index contributed by atoms with van der Waals surface area (Å²) in [4.78, 5) is 5.29. The Kier molecular flexibility index (Phi) is 4.18. The number of aryl methyl sites for hydroxylation is 1. The van der Waals surface area contributed by atoms with Crippen molar-refractivity contribution in [3.63, 3.8) is 0 Å². The van der Waals surface area contributed by atoms with Crippen LogP contribution in [0.2, 0.25) is 0 Å². The topological polar surface area (TPSA) is 33.1 Å². The fraction of sp³-hybridized carbons (Fsp3) is 0.300. The third-order valence-electron chi connectivity index (χ3n) is 2.06. The van der Waals surface area contributed by atoms with E-state index in [9.17, 15) is 5.11 Å². The van der Waals surface area contributed by atoms with Gasteiger partial charge in [0.05, 0.1) is 20.6 Å². The van der Waals surface area contributed by atoms with Crippen LogP contribution in [0.4, 0.5) is 0 Å². The third kappa shape index (κ3) is 2.92. The van der Waals surface area contributed by atoms with Gasteiger partial charge in [-0.15, -0.1) is 22.7 Å². The molecule has 1 atom stereocenters. The molecule has 6 heteroatoms. The molecular formula is C10H9Br2NOS2. The summed E-state index contributed by atoms with van der Waals surface area (Å²) in [7, 11) is 0. The average Bonchev–Trinajstić information content (AvgIpc) is 2.75. The smallest absolute Gasteiger partial charge is 0.0938 e. The Morgan fingerprint density at radius 3 is 2.75 bits per heavy atom. The van der Waals surface area contributed by atoms with Gasteiger partial charge in [0, 0.05) is 21.2 Å². The number of halogens is 2. The lowest BCUT2D eigenvalue weighted by molar-refractivity contribution is 0.181. The van der Waals surface area contributed by atoms with E-state index in [-0.39, 0.29) is 0 Å². The predicted molar refractivity (Wildman–Crippen MR) is 75.2 cm³/mol. The first-order valence-electron chi connectivity index (χ1n) is 4.60. The molecule has 2 aromatic heterocycles. The average molecular weight is 383 g/mol. The quantitative estimate of drug-likeness (QED) is 0.857. The van der Waals surface area contributed by atoms with Gasteiger partial charge in [-0.3, -0.25) is 0 Å². The second-order valence-electron chi connectivity index (χ2n) is 3.35. The van der Waals surface area contributed by atoms with Crippen LogP contribution in [0.1, 0.15) is 21.7 Å². The van der Waals surface area contributed by atoms with E-state index in [1.54, 1.807) is 22.7 Å². The van der Waals surface area contributed by atoms with Gasteiger partial charge in [0.25, 0.3) is 0 Å². The second-order valence-corrected chi connectivity index (χ2v) is 7.67. The summed E-state index contributed by atoms with van der Waals surface area (Å²) in [5.41, 5.74) is 0.954. The van der Waals surface area contributed by atoms with E-state index < -0.39 is 6.10 Å². The first kappa shape index (κ1) is 12.7. The summed E-state index contributed by atoms with van der Waals surface area (Å²) in [6.07, 6.45) is 0.0955. The predicted octanol–water partition coefficient (Wildman–Crippen LogP) is 4.31.